The molecule has 0 amide bonds. The Hall–Kier alpha value is -3.98. The maximum absolute atomic E-state index is 14.7. The van der Waals surface area contributed by atoms with Crippen LogP contribution >= 0.6 is 11.6 Å². The van der Waals surface area contributed by atoms with Gasteiger partial charge in [0.25, 0.3) is 0 Å². The van der Waals surface area contributed by atoms with Crippen LogP contribution in [0, 0.1) is 12.7 Å². The fourth-order valence-electron chi connectivity index (χ4n) is 3.79. The van der Waals surface area contributed by atoms with Crippen molar-refractivity contribution in [2.75, 3.05) is 12.4 Å². The Balaban J connectivity index is 1.45. The highest BCUT2D eigenvalue weighted by Crippen LogP contribution is 2.28. The second-order valence-electron chi connectivity index (χ2n) is 7.87. The molecule has 10 heteroatoms. The minimum absolute atomic E-state index is 0.00415. The van der Waals surface area contributed by atoms with Gasteiger partial charge in [0, 0.05) is 28.7 Å². The smallest absolute Gasteiger partial charge is 0.348 e. The Morgan fingerprint density at radius 2 is 2.00 bits per heavy atom. The minimum Gasteiger partial charge on any atom is -0.494 e. The third-order valence-corrected chi connectivity index (χ3v) is 5.84. The lowest BCUT2D eigenvalue weighted by atomic mass is 10.1. The van der Waals surface area contributed by atoms with Crippen LogP contribution in [0.3, 0.4) is 0 Å². The highest BCUT2D eigenvalue weighted by molar-refractivity contribution is 6.31. The molecule has 5 aromatic rings. The van der Waals surface area contributed by atoms with Gasteiger partial charge in [-0.1, -0.05) is 29.8 Å². The van der Waals surface area contributed by atoms with Gasteiger partial charge in [0.15, 0.2) is 17.2 Å². The predicted molar refractivity (Wildman–Crippen MR) is 129 cm³/mol. The molecular formula is C24H20ClFN6O2. The zero-order chi connectivity index (χ0) is 23.8. The first-order valence-corrected chi connectivity index (χ1v) is 10.9. The minimum atomic E-state index is -0.572. The molecule has 3 heterocycles. The summed E-state index contributed by atoms with van der Waals surface area (Å²) in [4.78, 5) is 23.5. The highest BCUT2D eigenvalue weighted by Gasteiger charge is 2.15. The number of methoxy groups -OCH3 is 1. The van der Waals surface area contributed by atoms with Crippen LogP contribution < -0.4 is 15.7 Å². The maximum atomic E-state index is 14.7. The number of rotatable bonds is 6. The summed E-state index contributed by atoms with van der Waals surface area (Å²) in [5.41, 5.74) is 2.85. The average Bonchev–Trinajstić information content (AvgIpc) is 3.20. The van der Waals surface area contributed by atoms with Crippen molar-refractivity contribution in [3.63, 3.8) is 0 Å². The molecule has 0 spiro atoms. The molecule has 0 unspecified atom stereocenters. The molecule has 0 atom stereocenters. The third-order valence-electron chi connectivity index (χ3n) is 5.49. The van der Waals surface area contributed by atoms with E-state index in [0.717, 1.165) is 22.2 Å². The normalized spacial score (nSPS) is 11.3. The molecule has 0 bridgehead atoms. The molecule has 34 heavy (non-hydrogen) atoms. The van der Waals surface area contributed by atoms with Gasteiger partial charge in [-0.3, -0.25) is 14.6 Å². The van der Waals surface area contributed by atoms with Crippen molar-refractivity contribution in [2.24, 2.45) is 0 Å². The lowest BCUT2D eigenvalue weighted by Crippen LogP contribution is -2.14. The Morgan fingerprint density at radius 1 is 1.18 bits per heavy atom. The molecule has 3 aromatic heterocycles. The Bertz CT molecular complexity index is 1600. The summed E-state index contributed by atoms with van der Waals surface area (Å²) in [6.07, 6.45) is 1.76. The van der Waals surface area contributed by atoms with Crippen molar-refractivity contribution in [3.8, 4) is 5.75 Å². The topological polar surface area (TPSA) is 97.7 Å². The third kappa shape index (κ3) is 4.17. The van der Waals surface area contributed by atoms with Crippen LogP contribution in [0.1, 0.15) is 16.8 Å². The van der Waals surface area contributed by atoms with E-state index in [-0.39, 0.29) is 28.7 Å². The predicted octanol–water partition coefficient (Wildman–Crippen LogP) is 4.44. The Morgan fingerprint density at radius 3 is 2.82 bits per heavy atom. The first-order chi connectivity index (χ1) is 16.4. The summed E-state index contributed by atoms with van der Waals surface area (Å²) < 4.78 is 21.4. The SMILES string of the molecule is COc1ccc(Cl)c(CNc2nc(=O)[nH]c3nn(Cc4ccc5ccc(C)cc5n4)cc23)c1F. The van der Waals surface area contributed by atoms with Crippen LogP contribution in [0.5, 0.6) is 5.75 Å². The number of nitrogens with one attached hydrogen (secondary N) is 2. The molecule has 2 N–H and O–H groups in total. The van der Waals surface area contributed by atoms with Gasteiger partial charge < -0.3 is 10.1 Å². The van der Waals surface area contributed by atoms with Crippen LogP contribution in [0.2, 0.25) is 5.02 Å². The van der Waals surface area contributed by atoms with Crippen molar-refractivity contribution in [1.29, 1.82) is 0 Å². The monoisotopic (exact) mass is 478 g/mol. The van der Waals surface area contributed by atoms with Gasteiger partial charge in [-0.05, 0) is 36.8 Å². The number of H-pyrrole nitrogens is 1. The molecule has 0 saturated carbocycles. The molecule has 172 valence electrons. The summed E-state index contributed by atoms with van der Waals surface area (Å²) in [6.45, 7) is 2.43. The van der Waals surface area contributed by atoms with Gasteiger partial charge in [0.2, 0.25) is 0 Å². The zero-order valence-corrected chi connectivity index (χ0v) is 19.2. The van der Waals surface area contributed by atoms with Crippen molar-refractivity contribution in [1.82, 2.24) is 24.7 Å². The number of aromatic nitrogens is 5. The molecule has 0 aliphatic heterocycles. The summed E-state index contributed by atoms with van der Waals surface area (Å²) >= 11 is 6.17. The standard InChI is InChI=1S/C24H20ClFN6O2/c1-13-3-4-14-5-6-15(28-19(14)9-13)11-32-12-17-22(29-24(33)30-23(17)31-32)27-10-16-18(25)7-8-20(34-2)21(16)26/h3-9,12H,10-11H2,1-2H3,(H2,27,29,30,31,33). The summed E-state index contributed by atoms with van der Waals surface area (Å²) in [5.74, 6) is -0.224. The number of benzene rings is 2. The quantitative estimate of drug-likeness (QED) is 0.374. The van der Waals surface area contributed by atoms with Crippen LogP contribution in [-0.2, 0) is 13.1 Å². The van der Waals surface area contributed by atoms with Crippen LogP contribution in [0.4, 0.5) is 10.2 Å². The van der Waals surface area contributed by atoms with Gasteiger partial charge in [0.1, 0.15) is 5.82 Å². The number of fused-ring (bicyclic) bond motifs is 2. The van der Waals surface area contributed by atoms with Crippen molar-refractivity contribution < 1.29 is 9.13 Å². The molecule has 5 rings (SSSR count). The van der Waals surface area contributed by atoms with E-state index in [1.54, 1.807) is 16.9 Å². The first kappa shape index (κ1) is 21.8. The van der Waals surface area contributed by atoms with Crippen molar-refractivity contribution >= 4 is 39.4 Å². The molecule has 0 radical (unpaired) electrons. The number of nitrogens with zero attached hydrogens (tertiary/aromatic N) is 4. The Kier molecular flexibility index (Phi) is 5.62. The summed E-state index contributed by atoms with van der Waals surface area (Å²) in [6, 6.07) is 13.1. The molecule has 0 saturated heterocycles. The van der Waals surface area contributed by atoms with E-state index in [0.29, 0.717) is 17.6 Å². The number of hydrogen-bond donors (Lipinski definition) is 2. The zero-order valence-electron chi connectivity index (χ0n) is 18.4. The van der Waals surface area contributed by atoms with E-state index < -0.39 is 11.5 Å². The Labute approximate surface area is 198 Å². The first-order valence-electron chi connectivity index (χ1n) is 10.5. The van der Waals surface area contributed by atoms with Crippen LogP contribution in [0.15, 0.2) is 53.5 Å². The fraction of sp³-hybridized carbons (Fsp3) is 0.167. The summed E-state index contributed by atoms with van der Waals surface area (Å²) in [5, 5.41) is 9.35. The second kappa shape index (κ2) is 8.75. The van der Waals surface area contributed by atoms with Gasteiger partial charge in [-0.2, -0.15) is 10.1 Å². The second-order valence-corrected chi connectivity index (χ2v) is 8.28. The number of ether oxygens (including phenoxy) is 1. The van der Waals surface area contributed by atoms with Crippen molar-refractivity contribution in [3.05, 3.63) is 86.8 Å². The molecule has 0 aliphatic carbocycles. The number of anilines is 1. The van der Waals surface area contributed by atoms with E-state index in [1.807, 2.05) is 37.3 Å². The van der Waals surface area contributed by atoms with E-state index in [9.17, 15) is 9.18 Å². The van der Waals surface area contributed by atoms with Crippen molar-refractivity contribution in [2.45, 2.75) is 20.0 Å². The number of halogens is 2. The largest absolute Gasteiger partial charge is 0.494 e. The molecule has 0 aliphatic rings. The van der Waals surface area contributed by atoms with Gasteiger partial charge in [-0.25, -0.2) is 9.18 Å². The number of aromatic amines is 1. The van der Waals surface area contributed by atoms with E-state index >= 15 is 0 Å². The fourth-order valence-corrected chi connectivity index (χ4v) is 4.00. The number of aryl methyl sites for hydroxylation is 1. The van der Waals surface area contributed by atoms with E-state index in [1.165, 1.54) is 13.2 Å². The number of pyridine rings is 1. The average molecular weight is 479 g/mol. The maximum Gasteiger partial charge on any atom is 0.348 e. The highest BCUT2D eigenvalue weighted by atomic mass is 35.5. The molecular weight excluding hydrogens is 459 g/mol. The van der Waals surface area contributed by atoms with Gasteiger partial charge in [0.05, 0.1) is 30.3 Å². The van der Waals surface area contributed by atoms with Crippen LogP contribution in [0.25, 0.3) is 21.9 Å². The van der Waals surface area contributed by atoms with Crippen LogP contribution in [-0.4, -0.2) is 31.8 Å². The van der Waals surface area contributed by atoms with E-state index in [4.69, 9.17) is 21.3 Å². The lowest BCUT2D eigenvalue weighted by Gasteiger charge is -2.11. The summed E-state index contributed by atoms with van der Waals surface area (Å²) in [7, 11) is 1.38. The molecule has 8 nitrogen and oxygen atoms in total. The lowest BCUT2D eigenvalue weighted by molar-refractivity contribution is 0.384. The van der Waals surface area contributed by atoms with E-state index in [2.05, 4.69) is 20.4 Å². The van der Waals surface area contributed by atoms with Gasteiger partial charge in [-0.15, -0.1) is 0 Å². The molecule has 0 fully saturated rings. The number of hydrogen-bond acceptors (Lipinski definition) is 6. The molecule has 2 aromatic carbocycles. The van der Waals surface area contributed by atoms with Gasteiger partial charge >= 0.3 is 5.69 Å².